The molecule has 0 radical (unpaired) electrons. The summed E-state index contributed by atoms with van der Waals surface area (Å²) >= 11 is 12.3. The van der Waals surface area contributed by atoms with Crippen molar-refractivity contribution in [3.8, 4) is 0 Å². The van der Waals surface area contributed by atoms with Crippen LogP contribution in [0.4, 0.5) is 0 Å². The molecule has 0 amide bonds. The Kier molecular flexibility index (Phi) is 6.67. The van der Waals surface area contributed by atoms with Crippen LogP contribution in [0.5, 0.6) is 0 Å². The molecule has 0 fully saturated rings. The Morgan fingerprint density at radius 1 is 0.700 bits per heavy atom. The molecule has 1 atom stereocenters. The summed E-state index contributed by atoms with van der Waals surface area (Å²) in [6.45, 7) is 7.32. The van der Waals surface area contributed by atoms with Crippen LogP contribution in [0.1, 0.15) is 48.5 Å². The monoisotopic (exact) mass is 458 g/mol. The SMILES string of the molecule is Cc1c(C)c(C(=O)c2ccccc2)c(C)c([PH](=O)C(=O)c2c(Cl)cccc2Cl)c1C. The second kappa shape index (κ2) is 8.89. The minimum Gasteiger partial charge on any atom is -0.313 e. The Morgan fingerprint density at radius 2 is 1.27 bits per heavy atom. The quantitative estimate of drug-likeness (QED) is 0.324. The smallest absolute Gasteiger partial charge is 0.225 e. The van der Waals surface area contributed by atoms with Gasteiger partial charge in [-0.25, -0.2) is 0 Å². The van der Waals surface area contributed by atoms with Crippen molar-refractivity contribution in [2.75, 3.05) is 0 Å². The fourth-order valence-electron chi connectivity index (χ4n) is 3.70. The van der Waals surface area contributed by atoms with E-state index in [2.05, 4.69) is 0 Å². The van der Waals surface area contributed by atoms with Crippen molar-refractivity contribution in [2.45, 2.75) is 27.7 Å². The Hall–Kier alpha value is -2.19. The molecule has 1 unspecified atom stereocenters. The molecule has 0 aromatic heterocycles. The first-order chi connectivity index (χ1) is 14.2. The van der Waals surface area contributed by atoms with E-state index in [9.17, 15) is 14.2 Å². The highest BCUT2D eigenvalue weighted by Gasteiger charge is 2.28. The summed E-state index contributed by atoms with van der Waals surface area (Å²) in [5.74, 6) is -0.159. The number of rotatable bonds is 5. The number of benzene rings is 3. The number of ketones is 1. The van der Waals surface area contributed by atoms with Crippen molar-refractivity contribution in [3.05, 3.63) is 97.5 Å². The predicted octanol–water partition coefficient (Wildman–Crippen LogP) is 6.48. The molecule has 3 aromatic rings. The number of hydrogen-bond donors (Lipinski definition) is 0. The van der Waals surface area contributed by atoms with Gasteiger partial charge in [-0.1, -0.05) is 59.6 Å². The lowest BCUT2D eigenvalue weighted by molar-refractivity contribution is 0.103. The van der Waals surface area contributed by atoms with E-state index in [4.69, 9.17) is 23.2 Å². The molecular formula is C24H21Cl2O3P. The number of halogens is 2. The fourth-order valence-corrected chi connectivity index (χ4v) is 6.15. The fraction of sp³-hybridized carbons (Fsp3) is 0.167. The van der Waals surface area contributed by atoms with Crippen molar-refractivity contribution < 1.29 is 14.2 Å². The number of hydrogen-bond acceptors (Lipinski definition) is 3. The molecule has 154 valence electrons. The van der Waals surface area contributed by atoms with Crippen molar-refractivity contribution >= 4 is 47.6 Å². The number of carbonyl (C=O) groups excluding carboxylic acids is 2. The topological polar surface area (TPSA) is 51.2 Å². The zero-order chi connectivity index (χ0) is 22.2. The second-order valence-corrected chi connectivity index (χ2v) is 9.63. The van der Waals surface area contributed by atoms with Gasteiger partial charge in [0.1, 0.15) is 0 Å². The molecule has 3 rings (SSSR count). The minimum absolute atomic E-state index is 0.0534. The summed E-state index contributed by atoms with van der Waals surface area (Å²) in [6, 6.07) is 13.6. The van der Waals surface area contributed by atoms with Gasteiger partial charge in [-0.05, 0) is 62.1 Å². The normalized spacial score (nSPS) is 11.9. The van der Waals surface area contributed by atoms with Crippen molar-refractivity contribution in [2.24, 2.45) is 0 Å². The van der Waals surface area contributed by atoms with Gasteiger partial charge in [0, 0.05) is 16.4 Å². The maximum absolute atomic E-state index is 13.5. The molecule has 0 saturated carbocycles. The summed E-state index contributed by atoms with van der Waals surface area (Å²) in [5, 5.41) is 0.722. The van der Waals surface area contributed by atoms with Crippen LogP contribution < -0.4 is 5.30 Å². The van der Waals surface area contributed by atoms with Gasteiger partial charge in [0.2, 0.25) is 5.52 Å². The molecule has 6 heteroatoms. The predicted molar refractivity (Wildman–Crippen MR) is 125 cm³/mol. The van der Waals surface area contributed by atoms with Crippen LogP contribution in [-0.4, -0.2) is 11.3 Å². The molecule has 0 heterocycles. The molecule has 0 saturated heterocycles. The van der Waals surface area contributed by atoms with E-state index in [-0.39, 0.29) is 21.4 Å². The maximum atomic E-state index is 13.5. The van der Waals surface area contributed by atoms with Gasteiger partial charge >= 0.3 is 0 Å². The first kappa shape index (κ1) is 22.5. The van der Waals surface area contributed by atoms with Crippen molar-refractivity contribution in [3.63, 3.8) is 0 Å². The standard InChI is InChI=1S/C24H21Cl2O3P/c1-13-14(2)20(22(27)17-9-6-5-7-10-17)16(4)23(15(13)3)30(29)24(28)21-18(25)11-8-12-19(21)26/h5-12,30H,1-4H3. The largest absolute Gasteiger partial charge is 0.313 e. The van der Waals surface area contributed by atoms with E-state index in [0.717, 1.165) is 16.7 Å². The highest BCUT2D eigenvalue weighted by molar-refractivity contribution is 7.71. The van der Waals surface area contributed by atoms with E-state index in [1.807, 2.05) is 26.8 Å². The summed E-state index contributed by atoms with van der Waals surface area (Å²) in [6.07, 6.45) is 0. The molecule has 0 spiro atoms. The Balaban J connectivity index is 2.21. The Labute approximate surface area is 186 Å². The van der Waals surface area contributed by atoms with Gasteiger partial charge in [-0.15, -0.1) is 0 Å². The van der Waals surface area contributed by atoms with Gasteiger partial charge < -0.3 is 4.57 Å². The van der Waals surface area contributed by atoms with Crippen LogP contribution in [0.3, 0.4) is 0 Å². The van der Waals surface area contributed by atoms with Crippen molar-refractivity contribution in [1.82, 2.24) is 0 Å². The minimum atomic E-state index is -2.99. The van der Waals surface area contributed by atoms with E-state index in [0.29, 0.717) is 22.0 Å². The summed E-state index contributed by atoms with van der Waals surface area (Å²) in [5.41, 5.74) is 3.43. The van der Waals surface area contributed by atoms with Crippen LogP contribution in [0.2, 0.25) is 10.0 Å². The van der Waals surface area contributed by atoms with Gasteiger partial charge in [-0.3, -0.25) is 9.59 Å². The van der Waals surface area contributed by atoms with Crippen LogP contribution in [0, 0.1) is 27.7 Å². The van der Waals surface area contributed by atoms with E-state index in [1.165, 1.54) is 0 Å². The molecule has 30 heavy (non-hydrogen) atoms. The zero-order valence-electron chi connectivity index (χ0n) is 17.1. The van der Waals surface area contributed by atoms with E-state index in [1.54, 1.807) is 49.4 Å². The van der Waals surface area contributed by atoms with Gasteiger partial charge in [-0.2, -0.15) is 0 Å². The zero-order valence-corrected chi connectivity index (χ0v) is 19.6. The molecule has 0 aliphatic carbocycles. The first-order valence-electron chi connectivity index (χ1n) is 9.40. The summed E-state index contributed by atoms with van der Waals surface area (Å²) in [4.78, 5) is 26.4. The average molecular weight is 459 g/mol. The molecule has 0 N–H and O–H groups in total. The number of carbonyl (C=O) groups is 2. The molecular weight excluding hydrogens is 438 g/mol. The third kappa shape index (κ3) is 3.90. The van der Waals surface area contributed by atoms with E-state index < -0.39 is 13.3 Å². The van der Waals surface area contributed by atoms with Crippen LogP contribution in [0.25, 0.3) is 0 Å². The van der Waals surface area contributed by atoms with Gasteiger partial charge in [0.15, 0.2) is 13.6 Å². The van der Waals surface area contributed by atoms with Gasteiger partial charge in [0.25, 0.3) is 0 Å². The highest BCUT2D eigenvalue weighted by atomic mass is 35.5. The lowest BCUT2D eigenvalue weighted by Crippen LogP contribution is -2.20. The summed E-state index contributed by atoms with van der Waals surface area (Å²) < 4.78 is 13.5. The molecule has 0 bridgehead atoms. The van der Waals surface area contributed by atoms with E-state index >= 15 is 0 Å². The lowest BCUT2D eigenvalue weighted by Gasteiger charge is -2.20. The van der Waals surface area contributed by atoms with Crippen molar-refractivity contribution in [1.29, 1.82) is 0 Å². The third-order valence-electron chi connectivity index (χ3n) is 5.51. The Bertz CT molecular complexity index is 1180. The van der Waals surface area contributed by atoms with Crippen LogP contribution >= 0.6 is 31.0 Å². The molecule has 0 aliphatic heterocycles. The Morgan fingerprint density at radius 3 is 1.83 bits per heavy atom. The third-order valence-corrected chi connectivity index (χ3v) is 8.01. The lowest BCUT2D eigenvalue weighted by atomic mass is 9.89. The molecule has 0 aliphatic rings. The average Bonchev–Trinajstić information content (AvgIpc) is 2.72. The van der Waals surface area contributed by atoms with Crippen LogP contribution in [-0.2, 0) is 4.57 Å². The van der Waals surface area contributed by atoms with Crippen LogP contribution in [0.15, 0.2) is 48.5 Å². The second-order valence-electron chi connectivity index (χ2n) is 7.20. The summed E-state index contributed by atoms with van der Waals surface area (Å²) in [7, 11) is -2.99. The molecule has 3 nitrogen and oxygen atoms in total. The highest BCUT2D eigenvalue weighted by Crippen LogP contribution is 2.38. The first-order valence-corrected chi connectivity index (χ1v) is 11.6. The molecule has 3 aromatic carbocycles. The maximum Gasteiger partial charge on any atom is 0.225 e. The van der Waals surface area contributed by atoms with Gasteiger partial charge in [0.05, 0.1) is 15.6 Å².